The third-order valence-electron chi connectivity index (χ3n) is 4.27. The molecule has 6 nitrogen and oxygen atoms in total. The van der Waals surface area contributed by atoms with Crippen molar-refractivity contribution >= 4 is 17.5 Å². The number of carbonyl (C=O) groups is 2. The minimum Gasteiger partial charge on any atom is -0.351 e. The molecule has 29 heavy (non-hydrogen) atoms. The van der Waals surface area contributed by atoms with Gasteiger partial charge in [-0.2, -0.15) is 5.26 Å². The Morgan fingerprint density at radius 3 is 2.59 bits per heavy atom. The average molecular weight is 384 g/mol. The lowest BCUT2D eigenvalue weighted by molar-refractivity contribution is 0.0948. The maximum absolute atomic E-state index is 12.5. The fourth-order valence-electron chi connectivity index (χ4n) is 2.80. The molecule has 0 fully saturated rings. The minimum absolute atomic E-state index is 0.183. The number of nitriles is 1. The summed E-state index contributed by atoms with van der Waals surface area (Å²) >= 11 is 0. The van der Waals surface area contributed by atoms with Crippen LogP contribution in [0.5, 0.6) is 0 Å². The van der Waals surface area contributed by atoms with E-state index in [2.05, 4.69) is 27.8 Å². The highest BCUT2D eigenvalue weighted by molar-refractivity contribution is 6.05. The SMILES string of the molecule is N#Cc1cccc(NC(=O)c2ccnc(C(=O)NCCCc3ccccc3)c2)c1. The molecule has 0 aliphatic heterocycles. The first-order chi connectivity index (χ1) is 14.2. The van der Waals surface area contributed by atoms with E-state index >= 15 is 0 Å². The molecule has 0 saturated heterocycles. The molecule has 2 aromatic carbocycles. The average Bonchev–Trinajstić information content (AvgIpc) is 2.77. The molecule has 2 amide bonds. The third-order valence-corrected chi connectivity index (χ3v) is 4.27. The van der Waals surface area contributed by atoms with Gasteiger partial charge in [-0.25, -0.2) is 0 Å². The van der Waals surface area contributed by atoms with E-state index in [0.29, 0.717) is 23.4 Å². The van der Waals surface area contributed by atoms with E-state index in [4.69, 9.17) is 5.26 Å². The normalized spacial score (nSPS) is 10.0. The number of anilines is 1. The van der Waals surface area contributed by atoms with E-state index < -0.39 is 0 Å². The van der Waals surface area contributed by atoms with Gasteiger partial charge in [-0.15, -0.1) is 0 Å². The van der Waals surface area contributed by atoms with Crippen molar-refractivity contribution in [3.05, 3.63) is 95.3 Å². The number of aryl methyl sites for hydroxylation is 1. The topological polar surface area (TPSA) is 94.9 Å². The van der Waals surface area contributed by atoms with Gasteiger partial charge < -0.3 is 10.6 Å². The van der Waals surface area contributed by atoms with Crippen LogP contribution in [-0.2, 0) is 6.42 Å². The lowest BCUT2D eigenvalue weighted by atomic mass is 10.1. The number of pyridine rings is 1. The molecule has 3 rings (SSSR count). The Morgan fingerprint density at radius 1 is 0.966 bits per heavy atom. The van der Waals surface area contributed by atoms with Gasteiger partial charge in [0.15, 0.2) is 0 Å². The summed E-state index contributed by atoms with van der Waals surface area (Å²) < 4.78 is 0. The lowest BCUT2D eigenvalue weighted by Crippen LogP contribution is -2.26. The Morgan fingerprint density at radius 2 is 1.79 bits per heavy atom. The summed E-state index contributed by atoms with van der Waals surface area (Å²) in [6.07, 6.45) is 3.11. The van der Waals surface area contributed by atoms with Gasteiger partial charge in [0.2, 0.25) is 0 Å². The van der Waals surface area contributed by atoms with Crippen LogP contribution in [0.25, 0.3) is 0 Å². The number of hydrogen-bond donors (Lipinski definition) is 2. The molecule has 1 aromatic heterocycles. The fraction of sp³-hybridized carbons (Fsp3) is 0.130. The van der Waals surface area contributed by atoms with Crippen LogP contribution in [0.15, 0.2) is 72.9 Å². The second kappa shape index (κ2) is 9.81. The zero-order valence-electron chi connectivity index (χ0n) is 15.8. The summed E-state index contributed by atoms with van der Waals surface area (Å²) in [5.74, 6) is -0.695. The molecule has 144 valence electrons. The van der Waals surface area contributed by atoms with Gasteiger partial charge >= 0.3 is 0 Å². The molecular weight excluding hydrogens is 364 g/mol. The second-order valence-corrected chi connectivity index (χ2v) is 6.42. The largest absolute Gasteiger partial charge is 0.351 e. The van der Waals surface area contributed by atoms with E-state index in [0.717, 1.165) is 12.8 Å². The van der Waals surface area contributed by atoms with E-state index in [1.807, 2.05) is 24.3 Å². The number of rotatable bonds is 7. The molecule has 3 aromatic rings. The second-order valence-electron chi connectivity index (χ2n) is 6.42. The Labute approximate surface area is 169 Å². The zero-order valence-corrected chi connectivity index (χ0v) is 15.8. The van der Waals surface area contributed by atoms with Crippen molar-refractivity contribution < 1.29 is 9.59 Å². The molecule has 0 spiro atoms. The number of nitrogens with zero attached hydrogens (tertiary/aromatic N) is 2. The third kappa shape index (κ3) is 5.75. The predicted octanol–water partition coefficient (Wildman–Crippen LogP) is 3.57. The van der Waals surface area contributed by atoms with Crippen molar-refractivity contribution in [2.45, 2.75) is 12.8 Å². The molecule has 0 radical (unpaired) electrons. The van der Waals surface area contributed by atoms with Crippen molar-refractivity contribution in [2.24, 2.45) is 0 Å². The molecule has 0 saturated carbocycles. The maximum atomic E-state index is 12.5. The summed E-state index contributed by atoms with van der Waals surface area (Å²) in [7, 11) is 0. The van der Waals surface area contributed by atoms with Crippen LogP contribution in [0.4, 0.5) is 5.69 Å². The quantitative estimate of drug-likeness (QED) is 0.609. The van der Waals surface area contributed by atoms with Crippen molar-refractivity contribution in [2.75, 3.05) is 11.9 Å². The summed E-state index contributed by atoms with van der Waals surface area (Å²) in [4.78, 5) is 28.8. The van der Waals surface area contributed by atoms with E-state index in [1.165, 1.54) is 23.9 Å². The van der Waals surface area contributed by atoms with Gasteiger partial charge in [0.25, 0.3) is 11.8 Å². The van der Waals surface area contributed by atoms with Gasteiger partial charge in [-0.3, -0.25) is 14.6 Å². The maximum Gasteiger partial charge on any atom is 0.269 e. The molecule has 0 atom stereocenters. The van der Waals surface area contributed by atoms with Crippen LogP contribution in [0.2, 0.25) is 0 Å². The van der Waals surface area contributed by atoms with Gasteiger partial charge in [-0.1, -0.05) is 36.4 Å². The Balaban J connectivity index is 1.55. The van der Waals surface area contributed by atoms with Crippen molar-refractivity contribution in [3.8, 4) is 6.07 Å². The van der Waals surface area contributed by atoms with Crippen LogP contribution < -0.4 is 10.6 Å². The number of benzene rings is 2. The smallest absolute Gasteiger partial charge is 0.269 e. The van der Waals surface area contributed by atoms with Crippen molar-refractivity contribution in [1.82, 2.24) is 10.3 Å². The molecule has 1 heterocycles. The first kappa shape index (κ1) is 19.8. The van der Waals surface area contributed by atoms with Crippen LogP contribution in [0.3, 0.4) is 0 Å². The molecular formula is C23H20N4O2. The number of aromatic nitrogens is 1. The van der Waals surface area contributed by atoms with Gasteiger partial charge in [-0.05, 0) is 48.7 Å². The Bertz CT molecular complexity index is 1040. The highest BCUT2D eigenvalue weighted by atomic mass is 16.2. The van der Waals surface area contributed by atoms with E-state index in [9.17, 15) is 9.59 Å². The van der Waals surface area contributed by atoms with Gasteiger partial charge in [0.05, 0.1) is 11.6 Å². The van der Waals surface area contributed by atoms with Gasteiger partial charge in [0, 0.05) is 24.0 Å². The first-order valence-corrected chi connectivity index (χ1v) is 9.25. The molecule has 0 aliphatic rings. The highest BCUT2D eigenvalue weighted by Gasteiger charge is 2.12. The van der Waals surface area contributed by atoms with Crippen LogP contribution in [0, 0.1) is 11.3 Å². The molecule has 0 unspecified atom stereocenters. The first-order valence-electron chi connectivity index (χ1n) is 9.25. The summed E-state index contributed by atoms with van der Waals surface area (Å²) in [5, 5.41) is 14.5. The number of nitrogens with one attached hydrogen (secondary N) is 2. The molecule has 0 bridgehead atoms. The van der Waals surface area contributed by atoms with Crippen LogP contribution >= 0.6 is 0 Å². The van der Waals surface area contributed by atoms with Crippen molar-refractivity contribution in [3.63, 3.8) is 0 Å². The highest BCUT2D eigenvalue weighted by Crippen LogP contribution is 2.12. The predicted molar refractivity (Wildman–Crippen MR) is 110 cm³/mol. The van der Waals surface area contributed by atoms with E-state index in [-0.39, 0.29) is 17.5 Å². The standard InChI is InChI=1S/C23H20N4O2/c24-16-18-8-4-10-20(14-18)27-22(28)19-11-13-25-21(15-19)23(29)26-12-5-9-17-6-2-1-3-7-17/h1-4,6-8,10-11,13-15H,5,9,12H2,(H,26,29)(H,27,28). The fourth-order valence-corrected chi connectivity index (χ4v) is 2.80. The number of amides is 2. The van der Waals surface area contributed by atoms with Crippen molar-refractivity contribution in [1.29, 1.82) is 5.26 Å². The van der Waals surface area contributed by atoms with Gasteiger partial charge in [0.1, 0.15) is 5.69 Å². The minimum atomic E-state index is -0.374. The Hall–Kier alpha value is -3.98. The number of hydrogen-bond acceptors (Lipinski definition) is 4. The Kier molecular flexibility index (Phi) is 6.69. The summed E-state index contributed by atoms with van der Waals surface area (Å²) in [6.45, 7) is 0.521. The monoisotopic (exact) mass is 384 g/mol. The van der Waals surface area contributed by atoms with Crippen LogP contribution in [-0.4, -0.2) is 23.3 Å². The number of carbonyl (C=O) groups excluding carboxylic acids is 2. The molecule has 6 heteroatoms. The lowest BCUT2D eigenvalue weighted by Gasteiger charge is -2.08. The molecule has 2 N–H and O–H groups in total. The summed E-state index contributed by atoms with van der Waals surface area (Å²) in [6, 6.07) is 21.7. The van der Waals surface area contributed by atoms with Crippen LogP contribution in [0.1, 0.15) is 38.4 Å². The molecule has 0 aliphatic carbocycles. The summed E-state index contributed by atoms with van der Waals surface area (Å²) in [5.41, 5.74) is 2.69. The zero-order chi connectivity index (χ0) is 20.5. The van der Waals surface area contributed by atoms with E-state index in [1.54, 1.807) is 24.3 Å².